The number of phenolic OH excluding ortho intramolecular Hbond substituents is 1. The number of thiazole rings is 1. The van der Waals surface area contributed by atoms with Crippen LogP contribution in [-0.2, 0) is 9.59 Å². The monoisotopic (exact) mass is 1060 g/mol. The first-order valence-electron chi connectivity index (χ1n) is 26.4. The SMILES string of the molecule is Cc1ncsc1-c1ccc([C@H](C)CC(=O)[C@@H]2C[C@@H](O)CN2C(=O)[C@@H](c2cc(OCC3CCN(C[C@@H](C)Oc4nc(N5CCCCC5)c5cc(Cl)c(-c6cc(O)cc7ccccc67)c(F)c5n4)CC3)no2)C(C)C)cc1. The van der Waals surface area contributed by atoms with E-state index in [1.165, 1.54) is 11.0 Å². The molecule has 14 nitrogen and oxygen atoms in total. The summed E-state index contributed by atoms with van der Waals surface area (Å²) in [5, 5.41) is 27.9. The number of phenols is 1. The number of ketones is 1. The van der Waals surface area contributed by atoms with Crippen LogP contribution in [0.4, 0.5) is 10.2 Å². The lowest BCUT2D eigenvalue weighted by Crippen LogP contribution is -2.44. The number of benzene rings is 4. The number of aliphatic hydroxyl groups excluding tert-OH is 1. The highest BCUT2D eigenvalue weighted by molar-refractivity contribution is 7.13. The number of aliphatic hydroxyl groups is 1. The summed E-state index contributed by atoms with van der Waals surface area (Å²) in [5.41, 5.74) is 5.69. The molecule has 0 saturated carbocycles. The van der Waals surface area contributed by atoms with Crippen LogP contribution in [0.25, 0.3) is 43.2 Å². The van der Waals surface area contributed by atoms with Crippen molar-refractivity contribution in [3.05, 3.63) is 106 Å². The summed E-state index contributed by atoms with van der Waals surface area (Å²) < 4.78 is 35.5. The number of fused-ring (bicyclic) bond motifs is 2. The number of likely N-dealkylation sites (tertiary alicyclic amines) is 2. The Labute approximate surface area is 445 Å². The Balaban J connectivity index is 0.747. The minimum absolute atomic E-state index is 0.00725. The first-order chi connectivity index (χ1) is 36.2. The molecule has 0 spiro atoms. The zero-order valence-corrected chi connectivity index (χ0v) is 44.7. The molecule has 6 heterocycles. The number of rotatable bonds is 17. The Morgan fingerprint density at radius 2 is 1.71 bits per heavy atom. The molecule has 3 aromatic heterocycles. The molecule has 0 radical (unpaired) electrons. The molecule has 4 aromatic carbocycles. The lowest BCUT2D eigenvalue weighted by molar-refractivity contribution is -0.140. The van der Waals surface area contributed by atoms with Crippen LogP contribution in [0.15, 0.2) is 82.8 Å². The maximum Gasteiger partial charge on any atom is 0.319 e. The Morgan fingerprint density at radius 3 is 2.44 bits per heavy atom. The predicted octanol–water partition coefficient (Wildman–Crippen LogP) is 11.4. The fraction of sp³-hybridized carbons (Fsp3) is 0.448. The number of aryl methyl sites for hydroxylation is 1. The molecule has 17 heteroatoms. The number of piperidine rings is 2. The lowest BCUT2D eigenvalue weighted by Gasteiger charge is -2.33. The average Bonchev–Trinajstić information content (AvgIpc) is 4.17. The van der Waals surface area contributed by atoms with Crippen molar-refractivity contribution < 1.29 is 38.2 Å². The second-order valence-corrected chi connectivity index (χ2v) is 22.4. The number of carbonyl (C=O) groups is 2. The molecular weight excluding hydrogens is 993 g/mol. The first kappa shape index (κ1) is 52.3. The molecular formula is C58H65ClFN7O7S. The molecule has 3 aliphatic heterocycles. The largest absolute Gasteiger partial charge is 0.508 e. The maximum absolute atomic E-state index is 17.1. The van der Waals surface area contributed by atoms with E-state index < -0.39 is 23.9 Å². The molecule has 2 N–H and O–H groups in total. The van der Waals surface area contributed by atoms with E-state index in [1.807, 2.05) is 76.5 Å². The molecule has 7 aromatic rings. The van der Waals surface area contributed by atoms with Crippen LogP contribution >= 0.6 is 22.9 Å². The Bertz CT molecular complexity index is 3170. The van der Waals surface area contributed by atoms with Crippen molar-refractivity contribution in [1.29, 1.82) is 0 Å². The Morgan fingerprint density at radius 1 is 0.947 bits per heavy atom. The third-order valence-corrected chi connectivity index (χ3v) is 16.6. The number of carbonyl (C=O) groups excluding carboxylic acids is 2. The van der Waals surface area contributed by atoms with Crippen molar-refractivity contribution in [2.24, 2.45) is 11.8 Å². The van der Waals surface area contributed by atoms with Crippen LogP contribution < -0.4 is 14.4 Å². The van der Waals surface area contributed by atoms with Crippen molar-refractivity contribution >= 4 is 62.1 Å². The van der Waals surface area contributed by atoms with Gasteiger partial charge in [-0.25, -0.2) is 9.37 Å². The maximum atomic E-state index is 17.1. The number of β-amino-alcohol motifs (C(OH)–C–C–N with tert-alkyl or cyclic N) is 1. The first-order valence-corrected chi connectivity index (χ1v) is 27.6. The van der Waals surface area contributed by atoms with E-state index in [9.17, 15) is 19.8 Å². The van der Waals surface area contributed by atoms with E-state index >= 15 is 4.39 Å². The van der Waals surface area contributed by atoms with Gasteiger partial charge >= 0.3 is 6.01 Å². The number of ether oxygens (including phenoxy) is 2. The highest BCUT2D eigenvalue weighted by Gasteiger charge is 2.43. The number of hydrogen-bond acceptors (Lipinski definition) is 14. The third-order valence-electron chi connectivity index (χ3n) is 15.3. The summed E-state index contributed by atoms with van der Waals surface area (Å²) >= 11 is 8.53. The van der Waals surface area contributed by atoms with Gasteiger partial charge in [-0.1, -0.05) is 80.9 Å². The van der Waals surface area contributed by atoms with Crippen LogP contribution in [0.2, 0.25) is 5.02 Å². The number of halogens is 2. The van der Waals surface area contributed by atoms with E-state index in [2.05, 4.69) is 32.1 Å². The fourth-order valence-corrected chi connectivity index (χ4v) is 12.4. The second kappa shape index (κ2) is 22.6. The number of amides is 1. The van der Waals surface area contributed by atoms with Crippen molar-refractivity contribution in [3.8, 4) is 39.2 Å². The van der Waals surface area contributed by atoms with Crippen molar-refractivity contribution in [2.45, 2.75) is 110 Å². The molecule has 0 aliphatic carbocycles. The average molecular weight is 1060 g/mol. The van der Waals surface area contributed by atoms with Crippen molar-refractivity contribution in [1.82, 2.24) is 29.9 Å². The number of anilines is 1. The van der Waals surface area contributed by atoms with E-state index in [-0.39, 0.29) is 82.8 Å². The molecule has 3 aliphatic rings. The molecule has 394 valence electrons. The van der Waals surface area contributed by atoms with Gasteiger partial charge in [0.1, 0.15) is 29.1 Å². The standard InChI is InChI=1S/C58H65ClFN7O7S/c1-33(2)51(57(71)67-30-42(69)26-47(67)48(70)23-34(3)38-13-15-39(16-14-38)55-36(5)61-32-75-55)49-28-50(64-74-49)72-31-37-17-21-65(22-18-37)29-35(4)73-58-62-54-45(56(63-58)66-19-9-6-10-20-66)27-46(59)52(53(54)60)44-25-41(68)24-40-11-7-8-12-43(40)44/h7-8,11-16,24-25,27-28,32-35,37,42,47,51,68-69H,6,9-10,17-23,26,29-31H2,1-5H3/t34-,35-,42-,47+,51-/m1/s1. The van der Waals surface area contributed by atoms with Gasteiger partial charge in [-0.2, -0.15) is 9.97 Å². The highest BCUT2D eigenvalue weighted by Crippen LogP contribution is 2.43. The summed E-state index contributed by atoms with van der Waals surface area (Å²) in [7, 11) is 0. The van der Waals surface area contributed by atoms with Crippen LogP contribution in [0.1, 0.15) is 101 Å². The van der Waals surface area contributed by atoms with Crippen molar-refractivity contribution in [3.63, 3.8) is 0 Å². The van der Waals surface area contributed by atoms with Gasteiger partial charge in [0.05, 0.1) is 39.9 Å². The second-order valence-electron chi connectivity index (χ2n) is 21.2. The number of aromatic nitrogens is 4. The number of nitrogens with zero attached hydrogens (tertiary/aromatic N) is 7. The van der Waals surface area contributed by atoms with Gasteiger partial charge in [0, 0.05) is 56.0 Å². The number of hydrogen-bond donors (Lipinski definition) is 2. The van der Waals surface area contributed by atoms with Crippen LogP contribution in [0.5, 0.6) is 17.6 Å². The van der Waals surface area contributed by atoms with Gasteiger partial charge in [0.25, 0.3) is 5.88 Å². The molecule has 1 amide bonds. The quantitative estimate of drug-likeness (QED) is 0.0885. The minimum Gasteiger partial charge on any atom is -0.508 e. The smallest absolute Gasteiger partial charge is 0.319 e. The van der Waals surface area contributed by atoms with Crippen LogP contribution in [0.3, 0.4) is 0 Å². The topological polar surface area (TPSA) is 167 Å². The van der Waals surface area contributed by atoms with Gasteiger partial charge in [0.2, 0.25) is 5.91 Å². The van der Waals surface area contributed by atoms with Gasteiger partial charge < -0.3 is 34.0 Å². The summed E-state index contributed by atoms with van der Waals surface area (Å²) in [5.74, 6) is -0.421. The highest BCUT2D eigenvalue weighted by atomic mass is 35.5. The number of Topliss-reactive ketones (excluding diaryl/α,β-unsaturated/α-hetero) is 1. The summed E-state index contributed by atoms with van der Waals surface area (Å²) in [6, 6.07) is 21.7. The molecule has 75 heavy (non-hydrogen) atoms. The van der Waals surface area contributed by atoms with Crippen LogP contribution in [0, 0.1) is 24.6 Å². The predicted molar refractivity (Wildman–Crippen MR) is 290 cm³/mol. The molecule has 0 bridgehead atoms. The number of aromatic hydroxyl groups is 1. The van der Waals surface area contributed by atoms with Gasteiger partial charge in [-0.05, 0) is 128 Å². The van der Waals surface area contributed by atoms with Crippen molar-refractivity contribution in [2.75, 3.05) is 50.8 Å². The summed E-state index contributed by atoms with van der Waals surface area (Å²) in [6.07, 6.45) is 4.15. The minimum atomic E-state index is -0.805. The Hall–Kier alpha value is -6.20. The van der Waals surface area contributed by atoms with Gasteiger partial charge in [-0.3, -0.25) is 14.5 Å². The lowest BCUT2D eigenvalue weighted by atomic mass is 9.89. The van der Waals surface area contributed by atoms with Gasteiger partial charge in [0.15, 0.2) is 17.4 Å². The molecule has 0 unspecified atom stereocenters. The van der Waals surface area contributed by atoms with E-state index in [0.717, 1.165) is 90.8 Å². The zero-order chi connectivity index (χ0) is 52.5. The summed E-state index contributed by atoms with van der Waals surface area (Å²) in [4.78, 5) is 49.4. The Kier molecular flexibility index (Phi) is 15.7. The van der Waals surface area contributed by atoms with E-state index in [1.54, 1.807) is 29.5 Å². The molecule has 5 atom stereocenters. The fourth-order valence-electron chi connectivity index (χ4n) is 11.3. The van der Waals surface area contributed by atoms with Crippen LogP contribution in [-0.4, -0.2) is 116 Å². The normalized spacial score (nSPS) is 19.0. The molecule has 10 rings (SSSR count). The third kappa shape index (κ3) is 11.4. The van der Waals surface area contributed by atoms with Gasteiger partial charge in [-0.15, -0.1) is 11.3 Å². The zero-order valence-electron chi connectivity index (χ0n) is 43.2. The molecule has 3 saturated heterocycles. The van der Waals surface area contributed by atoms with E-state index in [4.69, 9.17) is 35.6 Å². The molecule has 3 fully saturated rings. The van der Waals surface area contributed by atoms with E-state index in [0.29, 0.717) is 41.6 Å². The summed E-state index contributed by atoms with van der Waals surface area (Å²) in [6.45, 7) is 14.1.